The average Bonchev–Trinajstić information content (AvgIpc) is 2.84. The lowest BCUT2D eigenvalue weighted by molar-refractivity contribution is 0.174. The number of hydrogen-bond acceptors (Lipinski definition) is 2. The van der Waals surface area contributed by atoms with Crippen molar-refractivity contribution in [2.24, 2.45) is 24.8 Å². The average molecular weight is 277 g/mol. The van der Waals surface area contributed by atoms with Crippen molar-refractivity contribution < 1.29 is 0 Å². The van der Waals surface area contributed by atoms with Crippen LogP contribution in [0.25, 0.3) is 0 Å². The Morgan fingerprint density at radius 1 is 1.35 bits per heavy atom. The summed E-state index contributed by atoms with van der Waals surface area (Å²) in [6, 6.07) is 2.16. The predicted molar refractivity (Wildman–Crippen MR) is 84.7 cm³/mol. The van der Waals surface area contributed by atoms with Crippen molar-refractivity contribution >= 4 is 0 Å². The maximum Gasteiger partial charge on any atom is 0.0492 e. The fraction of sp³-hybridized carbons (Fsp3) is 0.824. The van der Waals surface area contributed by atoms with E-state index in [2.05, 4.69) is 37.4 Å². The van der Waals surface area contributed by atoms with Gasteiger partial charge in [-0.15, -0.1) is 0 Å². The second kappa shape index (κ2) is 7.82. The Hall–Kier alpha value is -0.830. The highest BCUT2D eigenvalue weighted by Crippen LogP contribution is 2.36. The van der Waals surface area contributed by atoms with Gasteiger partial charge in [0.25, 0.3) is 0 Å². The molecule has 1 N–H and O–H groups in total. The van der Waals surface area contributed by atoms with Gasteiger partial charge in [0.1, 0.15) is 0 Å². The molecule has 1 saturated carbocycles. The maximum atomic E-state index is 4.28. The van der Waals surface area contributed by atoms with E-state index in [0.717, 1.165) is 17.8 Å². The minimum Gasteiger partial charge on any atom is -0.316 e. The quantitative estimate of drug-likeness (QED) is 0.774. The van der Waals surface area contributed by atoms with Gasteiger partial charge in [0.15, 0.2) is 0 Å². The molecule has 0 aromatic carbocycles. The Kier molecular flexibility index (Phi) is 6.08. The summed E-state index contributed by atoms with van der Waals surface area (Å²) in [5.74, 6) is 2.68. The third-order valence-electron chi connectivity index (χ3n) is 4.93. The number of rotatable bonds is 7. The molecule has 114 valence electrons. The van der Waals surface area contributed by atoms with Crippen molar-refractivity contribution in [3.05, 3.63) is 18.0 Å². The van der Waals surface area contributed by atoms with E-state index < -0.39 is 0 Å². The van der Waals surface area contributed by atoms with E-state index in [-0.39, 0.29) is 0 Å². The molecule has 0 saturated heterocycles. The fourth-order valence-electron chi connectivity index (χ4n) is 3.63. The second-order valence-corrected chi connectivity index (χ2v) is 6.63. The van der Waals surface area contributed by atoms with Gasteiger partial charge in [-0.25, -0.2) is 0 Å². The summed E-state index contributed by atoms with van der Waals surface area (Å²) >= 11 is 0. The Balaban J connectivity index is 1.85. The highest BCUT2D eigenvalue weighted by Gasteiger charge is 2.28. The first-order valence-electron chi connectivity index (χ1n) is 8.38. The summed E-state index contributed by atoms with van der Waals surface area (Å²) in [4.78, 5) is 0. The molecule has 1 aliphatic rings. The topological polar surface area (TPSA) is 29.9 Å². The standard InChI is InChI=1S/C17H31N3/c1-4-10-18-13-16-6-5-14(2)12-15(16)7-8-17-9-11-19-20(17)3/h9,11,14-16,18H,4-8,10,12-13H2,1-3H3. The largest absolute Gasteiger partial charge is 0.316 e. The Morgan fingerprint density at radius 2 is 2.20 bits per heavy atom. The van der Waals surface area contributed by atoms with Crippen molar-refractivity contribution in [2.45, 2.75) is 52.4 Å². The molecule has 20 heavy (non-hydrogen) atoms. The van der Waals surface area contributed by atoms with E-state index in [1.807, 2.05) is 10.9 Å². The minimum atomic E-state index is 0.881. The van der Waals surface area contributed by atoms with Gasteiger partial charge in [-0.1, -0.05) is 20.3 Å². The molecule has 1 aliphatic carbocycles. The van der Waals surface area contributed by atoms with Crippen molar-refractivity contribution in [2.75, 3.05) is 13.1 Å². The van der Waals surface area contributed by atoms with Crippen molar-refractivity contribution in [1.29, 1.82) is 0 Å². The predicted octanol–water partition coefficient (Wildman–Crippen LogP) is 3.40. The molecule has 0 bridgehead atoms. The molecule has 1 fully saturated rings. The zero-order chi connectivity index (χ0) is 14.4. The molecular weight excluding hydrogens is 246 g/mol. The van der Waals surface area contributed by atoms with E-state index in [4.69, 9.17) is 0 Å². The molecule has 1 aromatic rings. The van der Waals surface area contributed by atoms with E-state index in [9.17, 15) is 0 Å². The van der Waals surface area contributed by atoms with Crippen LogP contribution in [0.1, 0.15) is 51.6 Å². The molecule has 3 heteroatoms. The summed E-state index contributed by atoms with van der Waals surface area (Å²) in [6.07, 6.45) is 9.90. The third-order valence-corrected chi connectivity index (χ3v) is 4.93. The zero-order valence-electron chi connectivity index (χ0n) is 13.4. The summed E-state index contributed by atoms with van der Waals surface area (Å²) in [6.45, 7) is 7.06. The first-order chi connectivity index (χ1) is 9.70. The van der Waals surface area contributed by atoms with Crippen LogP contribution < -0.4 is 5.32 Å². The molecule has 3 atom stereocenters. The highest BCUT2D eigenvalue weighted by molar-refractivity contribution is 5.00. The Bertz CT molecular complexity index is 385. The lowest BCUT2D eigenvalue weighted by Crippen LogP contribution is -2.33. The number of nitrogens with one attached hydrogen (secondary N) is 1. The molecular formula is C17H31N3. The third kappa shape index (κ3) is 4.34. The molecule has 1 heterocycles. The molecule has 2 rings (SSSR count). The van der Waals surface area contributed by atoms with Crippen LogP contribution in [0, 0.1) is 17.8 Å². The molecule has 0 radical (unpaired) electrons. The van der Waals surface area contributed by atoms with Gasteiger partial charge >= 0.3 is 0 Å². The SMILES string of the molecule is CCCNCC1CCC(C)CC1CCc1ccnn1C. The van der Waals surface area contributed by atoms with Crippen LogP contribution in [0.15, 0.2) is 12.3 Å². The van der Waals surface area contributed by atoms with Crippen LogP contribution in [0.4, 0.5) is 0 Å². The fourth-order valence-corrected chi connectivity index (χ4v) is 3.63. The minimum absolute atomic E-state index is 0.881. The summed E-state index contributed by atoms with van der Waals surface area (Å²) in [5.41, 5.74) is 1.38. The number of aryl methyl sites for hydroxylation is 2. The lowest BCUT2D eigenvalue weighted by Gasteiger charge is -2.35. The highest BCUT2D eigenvalue weighted by atomic mass is 15.2. The first-order valence-corrected chi connectivity index (χ1v) is 8.38. The van der Waals surface area contributed by atoms with Crippen LogP contribution in [0.3, 0.4) is 0 Å². The summed E-state index contributed by atoms with van der Waals surface area (Å²) in [5, 5.41) is 7.92. The first kappa shape index (κ1) is 15.6. The monoisotopic (exact) mass is 277 g/mol. The van der Waals surface area contributed by atoms with Crippen molar-refractivity contribution in [3.63, 3.8) is 0 Å². The second-order valence-electron chi connectivity index (χ2n) is 6.63. The molecule has 0 amide bonds. The van der Waals surface area contributed by atoms with E-state index in [0.29, 0.717) is 0 Å². The van der Waals surface area contributed by atoms with Crippen LogP contribution in [-0.4, -0.2) is 22.9 Å². The van der Waals surface area contributed by atoms with Gasteiger partial charge in [0.05, 0.1) is 0 Å². The van der Waals surface area contributed by atoms with Crippen LogP contribution >= 0.6 is 0 Å². The number of nitrogens with zero attached hydrogens (tertiary/aromatic N) is 2. The van der Waals surface area contributed by atoms with E-state index in [1.54, 1.807) is 0 Å². The van der Waals surface area contributed by atoms with Gasteiger partial charge in [-0.2, -0.15) is 5.10 Å². The smallest absolute Gasteiger partial charge is 0.0492 e. The summed E-state index contributed by atoms with van der Waals surface area (Å²) < 4.78 is 2.02. The van der Waals surface area contributed by atoms with Gasteiger partial charge in [0.2, 0.25) is 0 Å². The maximum absolute atomic E-state index is 4.28. The van der Waals surface area contributed by atoms with Crippen molar-refractivity contribution in [3.8, 4) is 0 Å². The van der Waals surface area contributed by atoms with Gasteiger partial charge in [0, 0.05) is 18.9 Å². The normalized spacial score (nSPS) is 26.9. The van der Waals surface area contributed by atoms with Gasteiger partial charge in [-0.05, 0) is 69.0 Å². The van der Waals surface area contributed by atoms with Gasteiger partial charge < -0.3 is 5.32 Å². The van der Waals surface area contributed by atoms with Crippen molar-refractivity contribution in [1.82, 2.24) is 15.1 Å². The number of aromatic nitrogens is 2. The summed E-state index contributed by atoms with van der Waals surface area (Å²) in [7, 11) is 2.05. The number of hydrogen-bond donors (Lipinski definition) is 1. The molecule has 0 aliphatic heterocycles. The van der Waals surface area contributed by atoms with Crippen LogP contribution in [-0.2, 0) is 13.5 Å². The molecule has 3 nitrogen and oxygen atoms in total. The van der Waals surface area contributed by atoms with Crippen LogP contribution in [0.2, 0.25) is 0 Å². The van der Waals surface area contributed by atoms with Crippen LogP contribution in [0.5, 0.6) is 0 Å². The Morgan fingerprint density at radius 3 is 2.90 bits per heavy atom. The zero-order valence-corrected chi connectivity index (χ0v) is 13.4. The Labute approximate surface area is 124 Å². The molecule has 1 aromatic heterocycles. The van der Waals surface area contributed by atoms with E-state index in [1.165, 1.54) is 57.3 Å². The van der Waals surface area contributed by atoms with Gasteiger partial charge in [-0.3, -0.25) is 4.68 Å². The lowest BCUT2D eigenvalue weighted by atomic mass is 9.72. The molecule has 0 spiro atoms. The molecule has 3 unspecified atom stereocenters. The van der Waals surface area contributed by atoms with E-state index >= 15 is 0 Å².